The molecule has 0 aliphatic heterocycles. The minimum Gasteiger partial charge on any atom is -0.294 e. The van der Waals surface area contributed by atoms with Crippen LogP contribution in [0.4, 0.5) is 0 Å². The van der Waals surface area contributed by atoms with Crippen LogP contribution in [-0.4, -0.2) is 5.78 Å². The fourth-order valence-electron chi connectivity index (χ4n) is 3.24. The maximum Gasteiger partial charge on any atom is 0.166 e. The maximum absolute atomic E-state index is 12.7. The number of hydrogen-bond acceptors (Lipinski definition) is 1. The van der Waals surface area contributed by atoms with Gasteiger partial charge in [-0.05, 0) is 36.5 Å². The smallest absolute Gasteiger partial charge is 0.166 e. The van der Waals surface area contributed by atoms with E-state index in [2.05, 4.69) is 25.1 Å². The van der Waals surface area contributed by atoms with Crippen LogP contribution in [0.25, 0.3) is 11.1 Å². The van der Waals surface area contributed by atoms with Crippen molar-refractivity contribution in [2.24, 2.45) is 5.92 Å². The van der Waals surface area contributed by atoms with Gasteiger partial charge >= 0.3 is 0 Å². The van der Waals surface area contributed by atoms with Crippen molar-refractivity contribution in [1.29, 1.82) is 0 Å². The summed E-state index contributed by atoms with van der Waals surface area (Å²) < 4.78 is 0. The minimum atomic E-state index is 0.250. The first-order chi connectivity index (χ1) is 9.77. The van der Waals surface area contributed by atoms with E-state index in [4.69, 9.17) is 0 Å². The molecule has 2 aromatic rings. The summed E-state index contributed by atoms with van der Waals surface area (Å²) in [5.74, 6) is 0.595. The van der Waals surface area contributed by atoms with Crippen LogP contribution in [0, 0.1) is 12.8 Å². The van der Waals surface area contributed by atoms with Crippen molar-refractivity contribution in [3.05, 3.63) is 59.7 Å². The second-order valence-corrected chi connectivity index (χ2v) is 5.69. The van der Waals surface area contributed by atoms with Crippen LogP contribution in [0.5, 0.6) is 0 Å². The molecule has 1 aliphatic carbocycles. The Morgan fingerprint density at radius 1 is 0.950 bits per heavy atom. The number of carbonyl (C=O) groups is 1. The molecule has 1 saturated carbocycles. The van der Waals surface area contributed by atoms with Crippen LogP contribution in [0.3, 0.4) is 0 Å². The van der Waals surface area contributed by atoms with Crippen LogP contribution in [-0.2, 0) is 0 Å². The molecule has 0 N–H and O–H groups in total. The van der Waals surface area contributed by atoms with Gasteiger partial charge in [0.25, 0.3) is 0 Å². The molecule has 1 nitrogen and oxygen atoms in total. The van der Waals surface area contributed by atoms with E-state index < -0.39 is 0 Å². The Morgan fingerprint density at radius 2 is 1.65 bits per heavy atom. The number of Topliss-reactive ketones (excluding diaryl/α,β-unsaturated/α-hetero) is 1. The average Bonchev–Trinajstić information content (AvgIpc) is 3.02. The van der Waals surface area contributed by atoms with E-state index in [1.807, 2.05) is 30.3 Å². The van der Waals surface area contributed by atoms with E-state index in [1.165, 1.54) is 24.0 Å². The summed E-state index contributed by atoms with van der Waals surface area (Å²) in [5.41, 5.74) is 4.40. The fourth-order valence-corrected chi connectivity index (χ4v) is 3.24. The molecular formula is C19H20O. The van der Waals surface area contributed by atoms with E-state index in [0.717, 1.165) is 24.0 Å². The third kappa shape index (κ3) is 2.40. The van der Waals surface area contributed by atoms with Crippen molar-refractivity contribution in [2.75, 3.05) is 0 Å². The lowest BCUT2D eigenvalue weighted by Gasteiger charge is -2.14. The van der Waals surface area contributed by atoms with E-state index in [1.54, 1.807) is 0 Å². The highest BCUT2D eigenvalue weighted by molar-refractivity contribution is 6.00. The second kappa shape index (κ2) is 5.62. The van der Waals surface area contributed by atoms with Crippen molar-refractivity contribution < 1.29 is 4.79 Å². The van der Waals surface area contributed by atoms with E-state index in [0.29, 0.717) is 5.78 Å². The van der Waals surface area contributed by atoms with Crippen LogP contribution in [0.1, 0.15) is 41.6 Å². The maximum atomic E-state index is 12.7. The predicted octanol–water partition coefficient (Wildman–Crippen LogP) is 5.03. The number of rotatable bonds is 3. The van der Waals surface area contributed by atoms with Crippen molar-refractivity contribution in [2.45, 2.75) is 32.6 Å². The van der Waals surface area contributed by atoms with E-state index in [-0.39, 0.29) is 5.92 Å². The van der Waals surface area contributed by atoms with Gasteiger partial charge in [0, 0.05) is 11.5 Å². The van der Waals surface area contributed by atoms with Crippen molar-refractivity contribution in [1.82, 2.24) is 0 Å². The third-order valence-electron chi connectivity index (χ3n) is 4.41. The molecule has 0 spiro atoms. The number of hydrogen-bond donors (Lipinski definition) is 0. The molecule has 2 aromatic carbocycles. The van der Waals surface area contributed by atoms with Crippen LogP contribution >= 0.6 is 0 Å². The molecule has 0 bridgehead atoms. The molecule has 0 saturated heterocycles. The van der Waals surface area contributed by atoms with Crippen LogP contribution in [0.15, 0.2) is 48.5 Å². The topological polar surface area (TPSA) is 17.1 Å². The summed E-state index contributed by atoms with van der Waals surface area (Å²) in [6, 6.07) is 16.4. The zero-order valence-corrected chi connectivity index (χ0v) is 11.9. The van der Waals surface area contributed by atoms with Gasteiger partial charge in [0.05, 0.1) is 0 Å². The Balaban J connectivity index is 1.99. The highest BCUT2D eigenvalue weighted by atomic mass is 16.1. The molecule has 0 aromatic heterocycles. The number of carbonyl (C=O) groups excluding carboxylic acids is 1. The van der Waals surface area contributed by atoms with Gasteiger partial charge < -0.3 is 0 Å². The van der Waals surface area contributed by atoms with Gasteiger partial charge in [0.2, 0.25) is 0 Å². The normalized spacial score (nSPS) is 15.4. The van der Waals surface area contributed by atoms with Crippen LogP contribution in [0.2, 0.25) is 0 Å². The van der Waals surface area contributed by atoms with Gasteiger partial charge in [-0.15, -0.1) is 0 Å². The van der Waals surface area contributed by atoms with Gasteiger partial charge in [-0.2, -0.15) is 0 Å². The SMILES string of the molecule is Cc1c(C(=O)C2CCCC2)cccc1-c1ccccc1. The molecule has 1 fully saturated rings. The highest BCUT2D eigenvalue weighted by Gasteiger charge is 2.25. The standard InChI is InChI=1S/C19H20O/c1-14-17(15-8-3-2-4-9-15)12-7-13-18(14)19(20)16-10-5-6-11-16/h2-4,7-9,12-13,16H,5-6,10-11H2,1H3. The Hall–Kier alpha value is -1.89. The van der Waals surface area contributed by atoms with Gasteiger partial charge in [-0.1, -0.05) is 61.4 Å². The predicted molar refractivity (Wildman–Crippen MR) is 82.9 cm³/mol. The molecule has 0 amide bonds. The molecular weight excluding hydrogens is 244 g/mol. The van der Waals surface area contributed by atoms with Gasteiger partial charge in [-0.3, -0.25) is 4.79 Å². The molecule has 3 rings (SSSR count). The van der Waals surface area contributed by atoms with Crippen molar-refractivity contribution in [3.63, 3.8) is 0 Å². The fraction of sp³-hybridized carbons (Fsp3) is 0.316. The quantitative estimate of drug-likeness (QED) is 0.710. The lowest BCUT2D eigenvalue weighted by atomic mass is 9.89. The van der Waals surface area contributed by atoms with E-state index >= 15 is 0 Å². The largest absolute Gasteiger partial charge is 0.294 e. The number of ketones is 1. The first-order valence-corrected chi connectivity index (χ1v) is 7.46. The molecule has 0 atom stereocenters. The molecule has 0 heterocycles. The molecule has 1 heteroatoms. The summed E-state index contributed by atoms with van der Waals surface area (Å²) in [6.07, 6.45) is 4.53. The third-order valence-corrected chi connectivity index (χ3v) is 4.41. The summed E-state index contributed by atoms with van der Waals surface area (Å²) in [5, 5.41) is 0. The van der Waals surface area contributed by atoms with Gasteiger partial charge in [0.1, 0.15) is 0 Å². The van der Waals surface area contributed by atoms with Crippen molar-refractivity contribution in [3.8, 4) is 11.1 Å². The Morgan fingerprint density at radius 3 is 2.35 bits per heavy atom. The zero-order chi connectivity index (χ0) is 13.9. The van der Waals surface area contributed by atoms with Crippen LogP contribution < -0.4 is 0 Å². The summed E-state index contributed by atoms with van der Waals surface area (Å²) in [7, 11) is 0. The lowest BCUT2D eigenvalue weighted by Crippen LogP contribution is -2.12. The Bertz CT molecular complexity index is 607. The zero-order valence-electron chi connectivity index (χ0n) is 11.9. The Labute approximate surface area is 120 Å². The first kappa shape index (κ1) is 13.1. The molecule has 20 heavy (non-hydrogen) atoms. The molecule has 1 aliphatic rings. The highest BCUT2D eigenvalue weighted by Crippen LogP contribution is 2.32. The molecule has 0 radical (unpaired) electrons. The molecule has 102 valence electrons. The first-order valence-electron chi connectivity index (χ1n) is 7.46. The van der Waals surface area contributed by atoms with Crippen molar-refractivity contribution >= 4 is 5.78 Å². The minimum absolute atomic E-state index is 0.250. The van der Waals surface area contributed by atoms with Gasteiger partial charge in [-0.25, -0.2) is 0 Å². The molecule has 0 unspecified atom stereocenters. The summed E-state index contributed by atoms with van der Waals surface area (Å²) >= 11 is 0. The Kier molecular flexibility index (Phi) is 3.68. The second-order valence-electron chi connectivity index (χ2n) is 5.69. The average molecular weight is 264 g/mol. The number of benzene rings is 2. The monoisotopic (exact) mass is 264 g/mol. The lowest BCUT2D eigenvalue weighted by molar-refractivity contribution is 0.0922. The summed E-state index contributed by atoms with van der Waals surface area (Å²) in [4.78, 5) is 12.7. The van der Waals surface area contributed by atoms with Gasteiger partial charge in [0.15, 0.2) is 5.78 Å². The summed E-state index contributed by atoms with van der Waals surface area (Å²) in [6.45, 7) is 2.07. The van der Waals surface area contributed by atoms with E-state index in [9.17, 15) is 4.79 Å².